The Bertz CT molecular complexity index is 1170. The topological polar surface area (TPSA) is 101 Å². The summed E-state index contributed by atoms with van der Waals surface area (Å²) in [5, 5.41) is 15.0. The molecule has 1 N–H and O–H groups in total. The molecule has 0 aliphatic carbocycles. The average Bonchev–Trinajstić information content (AvgIpc) is 3.24. The van der Waals surface area contributed by atoms with Crippen molar-refractivity contribution < 1.29 is 19.1 Å². The number of carbonyl (C=O) groups is 2. The zero-order valence-electron chi connectivity index (χ0n) is 17.8. The quantitative estimate of drug-likeness (QED) is 0.299. The fourth-order valence-electron chi connectivity index (χ4n) is 2.67. The van der Waals surface area contributed by atoms with Gasteiger partial charge in [0.05, 0.1) is 17.4 Å². The summed E-state index contributed by atoms with van der Waals surface area (Å²) >= 11 is 1.35. The minimum Gasteiger partial charge on any atom is -0.459 e. The van der Waals surface area contributed by atoms with Gasteiger partial charge in [0.25, 0.3) is 0 Å². The molecule has 3 rings (SSSR count). The van der Waals surface area contributed by atoms with E-state index in [0.717, 1.165) is 11.3 Å². The fraction of sp³-hybridized carbons (Fsp3) is 0.167. The summed E-state index contributed by atoms with van der Waals surface area (Å²) in [6, 6.07) is 15.9. The number of aromatic nitrogens is 1. The SMILES string of the molecule is CC(=O)Oc1ccc(-c2csc(C(C#N)=CNc3ccc(C(=O)OC(C)C)cc3)n2)cc1. The van der Waals surface area contributed by atoms with Crippen LogP contribution < -0.4 is 10.1 Å². The highest BCUT2D eigenvalue weighted by Gasteiger charge is 2.11. The molecule has 0 aliphatic rings. The van der Waals surface area contributed by atoms with Crippen LogP contribution in [-0.4, -0.2) is 23.0 Å². The van der Waals surface area contributed by atoms with E-state index in [-0.39, 0.29) is 18.0 Å². The molecule has 2 aromatic carbocycles. The maximum Gasteiger partial charge on any atom is 0.338 e. The normalized spacial score (nSPS) is 11.0. The molecule has 7 nitrogen and oxygen atoms in total. The lowest BCUT2D eigenvalue weighted by molar-refractivity contribution is -0.131. The maximum absolute atomic E-state index is 11.9. The van der Waals surface area contributed by atoms with Crippen molar-refractivity contribution in [3.05, 3.63) is 70.7 Å². The third-order valence-corrected chi connectivity index (χ3v) is 4.99. The van der Waals surface area contributed by atoms with E-state index in [1.807, 2.05) is 5.38 Å². The van der Waals surface area contributed by atoms with Gasteiger partial charge >= 0.3 is 11.9 Å². The first-order chi connectivity index (χ1) is 15.4. The number of nitrogens with zero attached hydrogens (tertiary/aromatic N) is 2. The van der Waals surface area contributed by atoms with E-state index in [4.69, 9.17) is 9.47 Å². The monoisotopic (exact) mass is 447 g/mol. The molecule has 0 saturated carbocycles. The van der Waals surface area contributed by atoms with Crippen molar-refractivity contribution in [1.29, 1.82) is 5.26 Å². The maximum atomic E-state index is 11.9. The molecule has 1 aromatic heterocycles. The van der Waals surface area contributed by atoms with E-state index in [1.54, 1.807) is 68.6 Å². The van der Waals surface area contributed by atoms with Gasteiger partial charge in [-0.3, -0.25) is 4.79 Å². The van der Waals surface area contributed by atoms with Gasteiger partial charge in [0.15, 0.2) is 0 Å². The van der Waals surface area contributed by atoms with Gasteiger partial charge in [0.2, 0.25) is 0 Å². The number of rotatable bonds is 7. The van der Waals surface area contributed by atoms with Gasteiger partial charge in [-0.25, -0.2) is 9.78 Å². The van der Waals surface area contributed by atoms with Crippen molar-refractivity contribution in [3.8, 4) is 23.1 Å². The minimum atomic E-state index is -0.380. The number of thiazole rings is 1. The number of esters is 2. The summed E-state index contributed by atoms with van der Waals surface area (Å²) in [5.41, 5.74) is 3.11. The standard InChI is InChI=1S/C24H21N3O4S/c1-15(2)30-24(29)18-4-8-20(9-5-18)26-13-19(12-25)23-27-22(14-32-23)17-6-10-21(11-7-17)31-16(3)28/h4-11,13-15,26H,1-3H3. The molecule has 0 fully saturated rings. The molecule has 0 saturated heterocycles. The molecular formula is C24H21N3O4S. The summed E-state index contributed by atoms with van der Waals surface area (Å²) in [6.45, 7) is 4.94. The molecule has 0 spiro atoms. The predicted molar refractivity (Wildman–Crippen MR) is 123 cm³/mol. The Kier molecular flexibility index (Phi) is 7.37. The van der Waals surface area contributed by atoms with Gasteiger partial charge in [-0.2, -0.15) is 5.26 Å². The van der Waals surface area contributed by atoms with E-state index >= 15 is 0 Å². The third-order valence-electron chi connectivity index (χ3n) is 4.11. The number of hydrogen-bond donors (Lipinski definition) is 1. The van der Waals surface area contributed by atoms with Crippen LogP contribution in [0.15, 0.2) is 60.1 Å². The lowest BCUT2D eigenvalue weighted by Crippen LogP contribution is -2.11. The van der Waals surface area contributed by atoms with Crippen molar-refractivity contribution in [2.45, 2.75) is 26.9 Å². The number of hydrogen-bond acceptors (Lipinski definition) is 8. The van der Waals surface area contributed by atoms with Crippen molar-refractivity contribution in [1.82, 2.24) is 4.98 Å². The molecule has 0 aliphatic heterocycles. The highest BCUT2D eigenvalue weighted by Crippen LogP contribution is 2.27. The first kappa shape index (κ1) is 22.7. The first-order valence-electron chi connectivity index (χ1n) is 9.78. The van der Waals surface area contributed by atoms with Gasteiger partial charge in [-0.15, -0.1) is 11.3 Å². The Balaban J connectivity index is 1.70. The van der Waals surface area contributed by atoms with Crippen LogP contribution in [0.3, 0.4) is 0 Å². The van der Waals surface area contributed by atoms with E-state index in [9.17, 15) is 14.9 Å². The third kappa shape index (κ3) is 6.03. The van der Waals surface area contributed by atoms with Gasteiger partial charge in [0, 0.05) is 29.8 Å². The average molecular weight is 448 g/mol. The first-order valence-corrected chi connectivity index (χ1v) is 10.7. The van der Waals surface area contributed by atoms with Crippen molar-refractivity contribution in [3.63, 3.8) is 0 Å². The predicted octanol–water partition coefficient (Wildman–Crippen LogP) is 5.28. The molecule has 32 heavy (non-hydrogen) atoms. The van der Waals surface area contributed by atoms with E-state index in [1.165, 1.54) is 18.3 Å². The molecule has 0 amide bonds. The Morgan fingerprint density at radius 3 is 2.41 bits per heavy atom. The van der Waals surface area contributed by atoms with Gasteiger partial charge in [-0.1, -0.05) is 0 Å². The number of nitrogens with one attached hydrogen (secondary N) is 1. The second-order valence-corrected chi connectivity index (χ2v) is 7.86. The second kappa shape index (κ2) is 10.4. The molecule has 8 heteroatoms. The van der Waals surface area contributed by atoms with Crippen LogP contribution in [0.1, 0.15) is 36.1 Å². The summed E-state index contributed by atoms with van der Waals surface area (Å²) in [7, 11) is 0. The fourth-order valence-corrected chi connectivity index (χ4v) is 3.47. The Labute approximate surface area is 189 Å². The van der Waals surface area contributed by atoms with Crippen LogP contribution in [-0.2, 0) is 9.53 Å². The van der Waals surface area contributed by atoms with Gasteiger partial charge < -0.3 is 14.8 Å². The number of allylic oxidation sites excluding steroid dienone is 1. The molecule has 0 radical (unpaired) electrons. The van der Waals surface area contributed by atoms with Crippen molar-refractivity contribution >= 4 is 34.5 Å². The molecule has 3 aromatic rings. The van der Waals surface area contributed by atoms with Gasteiger partial charge in [0.1, 0.15) is 22.4 Å². The molecule has 0 atom stereocenters. The molecule has 1 heterocycles. The number of carbonyl (C=O) groups excluding carboxylic acids is 2. The van der Waals surface area contributed by atoms with Crippen LogP contribution in [0.4, 0.5) is 5.69 Å². The van der Waals surface area contributed by atoms with E-state index in [0.29, 0.717) is 27.6 Å². The summed E-state index contributed by atoms with van der Waals surface area (Å²) in [6.07, 6.45) is 1.39. The second-order valence-electron chi connectivity index (χ2n) is 7.00. The summed E-state index contributed by atoms with van der Waals surface area (Å²) in [4.78, 5) is 27.5. The summed E-state index contributed by atoms with van der Waals surface area (Å²) in [5.74, 6) is -0.298. The lowest BCUT2D eigenvalue weighted by Gasteiger charge is -2.08. The molecular weight excluding hydrogens is 426 g/mol. The largest absolute Gasteiger partial charge is 0.459 e. The van der Waals surface area contributed by atoms with Crippen LogP contribution in [0.25, 0.3) is 16.8 Å². The number of nitriles is 1. The van der Waals surface area contributed by atoms with E-state index < -0.39 is 0 Å². The van der Waals surface area contributed by atoms with Crippen LogP contribution >= 0.6 is 11.3 Å². The summed E-state index contributed by atoms with van der Waals surface area (Å²) < 4.78 is 10.2. The number of anilines is 1. The number of benzene rings is 2. The van der Waals surface area contributed by atoms with Crippen LogP contribution in [0, 0.1) is 11.3 Å². The highest BCUT2D eigenvalue weighted by atomic mass is 32.1. The van der Waals surface area contributed by atoms with Crippen LogP contribution in [0.2, 0.25) is 0 Å². The Hall–Kier alpha value is -3.96. The van der Waals surface area contributed by atoms with Crippen LogP contribution in [0.5, 0.6) is 5.75 Å². The minimum absolute atomic E-state index is 0.184. The number of ether oxygens (including phenoxy) is 2. The smallest absolute Gasteiger partial charge is 0.338 e. The Morgan fingerprint density at radius 2 is 1.81 bits per heavy atom. The van der Waals surface area contributed by atoms with E-state index in [2.05, 4.69) is 16.4 Å². The molecule has 0 unspecified atom stereocenters. The van der Waals surface area contributed by atoms with Gasteiger partial charge in [-0.05, 0) is 62.4 Å². The van der Waals surface area contributed by atoms with Crippen molar-refractivity contribution in [2.24, 2.45) is 0 Å². The zero-order chi connectivity index (χ0) is 23.1. The lowest BCUT2D eigenvalue weighted by atomic mass is 10.2. The molecule has 0 bridgehead atoms. The van der Waals surface area contributed by atoms with Crippen molar-refractivity contribution in [2.75, 3.05) is 5.32 Å². The highest BCUT2D eigenvalue weighted by molar-refractivity contribution is 7.11. The molecule has 162 valence electrons. The zero-order valence-corrected chi connectivity index (χ0v) is 18.6. The Morgan fingerprint density at radius 1 is 1.12 bits per heavy atom.